The molecule has 0 N–H and O–H groups in total. The van der Waals surface area contributed by atoms with Gasteiger partial charge in [0.2, 0.25) is 6.04 Å². The molecule has 0 aliphatic carbocycles. The number of carbonyl (C=O) groups is 1. The fourth-order valence-electron chi connectivity index (χ4n) is 4.41. The normalized spacial score (nSPS) is 25.4. The minimum absolute atomic E-state index is 0.0451. The summed E-state index contributed by atoms with van der Waals surface area (Å²) in [5.74, 6) is -0.644. The van der Waals surface area contributed by atoms with Crippen LogP contribution in [-0.2, 0) is 4.79 Å². The Kier molecular flexibility index (Phi) is 4.81. The fraction of sp³-hybridized carbons (Fsp3) is 0.364. The Labute approximate surface area is 177 Å². The molecular formula is C22H22BrN3O3. The number of carbonyl (C=O) groups excluding carboxylic acids is 1. The van der Waals surface area contributed by atoms with Crippen molar-refractivity contribution < 1.29 is 9.72 Å². The third-order valence-electron chi connectivity index (χ3n) is 5.75. The van der Waals surface area contributed by atoms with Crippen molar-refractivity contribution in [2.75, 3.05) is 0 Å². The second-order valence-electron chi connectivity index (χ2n) is 8.61. The van der Waals surface area contributed by atoms with Crippen LogP contribution in [0.5, 0.6) is 0 Å². The second kappa shape index (κ2) is 7.06. The van der Waals surface area contributed by atoms with E-state index in [0.29, 0.717) is 0 Å². The molecule has 2 aliphatic heterocycles. The number of ketones is 1. The molecule has 0 aromatic heterocycles. The van der Waals surface area contributed by atoms with Gasteiger partial charge in [-0.2, -0.15) is 5.10 Å². The highest BCUT2D eigenvalue weighted by Gasteiger charge is 2.61. The lowest BCUT2D eigenvalue weighted by atomic mass is 9.78. The van der Waals surface area contributed by atoms with Gasteiger partial charge in [0.25, 0.3) is 0 Å². The molecule has 1 fully saturated rings. The average molecular weight is 456 g/mol. The van der Waals surface area contributed by atoms with E-state index in [1.165, 1.54) is 0 Å². The maximum atomic E-state index is 13.5. The van der Waals surface area contributed by atoms with E-state index >= 15 is 0 Å². The smallest absolute Gasteiger partial charge is 0.248 e. The largest absolute Gasteiger partial charge is 0.297 e. The molecule has 6 nitrogen and oxygen atoms in total. The fourth-order valence-corrected chi connectivity index (χ4v) is 4.68. The SMILES string of the molecule is CC(C)(C)C(=O)[C@@H]1[C@@H](c2ccc(Br)cc2)[C@H]([N+](=O)[O-])C2c3ccccc3C=NN21. The maximum absolute atomic E-state index is 13.5. The number of hydrazone groups is 1. The number of hydrogen-bond acceptors (Lipinski definition) is 5. The first-order chi connectivity index (χ1) is 13.7. The van der Waals surface area contributed by atoms with Crippen LogP contribution < -0.4 is 0 Å². The molecule has 29 heavy (non-hydrogen) atoms. The summed E-state index contributed by atoms with van der Waals surface area (Å²) in [5, 5.41) is 18.6. The van der Waals surface area contributed by atoms with Gasteiger partial charge in [0.15, 0.2) is 5.78 Å². The molecule has 1 saturated heterocycles. The van der Waals surface area contributed by atoms with Crippen LogP contribution in [0.1, 0.15) is 49.4 Å². The van der Waals surface area contributed by atoms with E-state index in [1.54, 1.807) is 11.2 Å². The summed E-state index contributed by atoms with van der Waals surface area (Å²) < 4.78 is 0.886. The number of nitro groups is 1. The summed E-state index contributed by atoms with van der Waals surface area (Å²) in [7, 11) is 0. The van der Waals surface area contributed by atoms with Crippen LogP contribution in [0.15, 0.2) is 58.1 Å². The van der Waals surface area contributed by atoms with Crippen LogP contribution in [-0.4, -0.2) is 34.0 Å². The number of fused-ring (bicyclic) bond motifs is 3. The first-order valence-electron chi connectivity index (χ1n) is 9.54. The van der Waals surface area contributed by atoms with E-state index in [1.807, 2.05) is 69.3 Å². The van der Waals surface area contributed by atoms with Crippen molar-refractivity contribution in [2.45, 2.75) is 44.8 Å². The van der Waals surface area contributed by atoms with E-state index in [4.69, 9.17) is 0 Å². The third kappa shape index (κ3) is 3.27. The third-order valence-corrected chi connectivity index (χ3v) is 6.28. The Hall–Kier alpha value is -2.54. The second-order valence-corrected chi connectivity index (χ2v) is 9.53. The molecule has 0 radical (unpaired) electrons. The molecular weight excluding hydrogens is 434 g/mol. The van der Waals surface area contributed by atoms with Gasteiger partial charge in [-0.05, 0) is 23.3 Å². The minimum atomic E-state index is -0.980. The average Bonchev–Trinajstić information content (AvgIpc) is 3.02. The highest BCUT2D eigenvalue weighted by atomic mass is 79.9. The molecule has 2 aromatic rings. The summed E-state index contributed by atoms with van der Waals surface area (Å²) in [6.07, 6.45) is 1.70. The molecule has 0 amide bonds. The van der Waals surface area contributed by atoms with Gasteiger partial charge in [-0.25, -0.2) is 0 Å². The topological polar surface area (TPSA) is 75.8 Å². The van der Waals surface area contributed by atoms with Gasteiger partial charge in [0.05, 0.1) is 12.1 Å². The molecule has 150 valence electrons. The summed E-state index contributed by atoms with van der Waals surface area (Å²) in [6.45, 7) is 5.55. The minimum Gasteiger partial charge on any atom is -0.297 e. The Morgan fingerprint density at radius 3 is 2.41 bits per heavy atom. The van der Waals surface area contributed by atoms with Crippen LogP contribution in [0.3, 0.4) is 0 Å². The maximum Gasteiger partial charge on any atom is 0.248 e. The van der Waals surface area contributed by atoms with Crippen LogP contribution in [0.25, 0.3) is 0 Å². The summed E-state index contributed by atoms with van der Waals surface area (Å²) in [4.78, 5) is 25.6. The number of nitrogens with zero attached hydrogens (tertiary/aromatic N) is 3. The quantitative estimate of drug-likeness (QED) is 0.501. The highest BCUT2D eigenvalue weighted by molar-refractivity contribution is 9.10. The monoisotopic (exact) mass is 455 g/mol. The Balaban J connectivity index is 1.93. The first kappa shape index (κ1) is 19.8. The van der Waals surface area contributed by atoms with Gasteiger partial charge in [-0.15, -0.1) is 0 Å². The van der Waals surface area contributed by atoms with Gasteiger partial charge < -0.3 is 0 Å². The molecule has 2 aliphatic rings. The van der Waals surface area contributed by atoms with Crippen LogP contribution in [0.4, 0.5) is 0 Å². The highest BCUT2D eigenvalue weighted by Crippen LogP contribution is 2.50. The molecule has 7 heteroatoms. The summed E-state index contributed by atoms with van der Waals surface area (Å²) in [6, 6.07) is 12.7. The standard InChI is InChI=1S/C22H22BrN3O3/c1-22(2,3)21(27)20-17(13-8-10-15(23)11-9-13)19(26(28)29)18-16-7-5-4-6-14(16)12-24-25(18)20/h4-12,17-20H,1-3H3/t17-,18?,19-,20-/m0/s1. The predicted molar refractivity (Wildman–Crippen MR) is 115 cm³/mol. The Morgan fingerprint density at radius 2 is 1.79 bits per heavy atom. The molecule has 4 rings (SSSR count). The van der Waals surface area contributed by atoms with E-state index in [0.717, 1.165) is 21.2 Å². The van der Waals surface area contributed by atoms with E-state index in [2.05, 4.69) is 21.0 Å². The number of Topliss-reactive ketones (excluding diaryl/α,β-unsaturated/α-hetero) is 1. The van der Waals surface area contributed by atoms with Crippen LogP contribution >= 0.6 is 15.9 Å². The van der Waals surface area contributed by atoms with E-state index < -0.39 is 29.5 Å². The number of rotatable bonds is 3. The molecule has 0 spiro atoms. The zero-order valence-electron chi connectivity index (χ0n) is 16.4. The number of hydrogen-bond donors (Lipinski definition) is 0. The van der Waals surface area contributed by atoms with Crippen LogP contribution in [0.2, 0.25) is 0 Å². The van der Waals surface area contributed by atoms with Crippen molar-refractivity contribution in [2.24, 2.45) is 10.5 Å². The summed E-state index contributed by atoms with van der Waals surface area (Å²) in [5.41, 5.74) is 1.83. The molecule has 0 bridgehead atoms. The predicted octanol–water partition coefficient (Wildman–Crippen LogP) is 4.57. The summed E-state index contributed by atoms with van der Waals surface area (Å²) >= 11 is 3.42. The lowest BCUT2D eigenvalue weighted by Gasteiger charge is -2.33. The lowest BCUT2D eigenvalue weighted by molar-refractivity contribution is -0.529. The van der Waals surface area contributed by atoms with E-state index in [9.17, 15) is 14.9 Å². The Bertz CT molecular complexity index is 997. The van der Waals surface area contributed by atoms with Crippen molar-refractivity contribution in [1.82, 2.24) is 5.01 Å². The molecule has 2 aromatic carbocycles. The first-order valence-corrected chi connectivity index (χ1v) is 10.3. The lowest BCUT2D eigenvalue weighted by Crippen LogP contribution is -2.43. The van der Waals surface area contributed by atoms with Gasteiger partial charge in [0.1, 0.15) is 12.1 Å². The van der Waals surface area contributed by atoms with Gasteiger partial charge in [-0.1, -0.05) is 73.1 Å². The van der Waals surface area contributed by atoms with Crippen molar-refractivity contribution in [1.29, 1.82) is 0 Å². The Morgan fingerprint density at radius 1 is 1.14 bits per heavy atom. The van der Waals surface area contributed by atoms with Crippen molar-refractivity contribution in [3.05, 3.63) is 79.8 Å². The van der Waals surface area contributed by atoms with E-state index in [-0.39, 0.29) is 10.7 Å². The molecule has 1 unspecified atom stereocenters. The molecule has 4 atom stereocenters. The van der Waals surface area contributed by atoms with Gasteiger partial charge in [-0.3, -0.25) is 19.9 Å². The molecule has 0 saturated carbocycles. The van der Waals surface area contributed by atoms with Gasteiger partial charge in [0, 0.05) is 20.4 Å². The zero-order valence-corrected chi connectivity index (χ0v) is 18.0. The van der Waals surface area contributed by atoms with Gasteiger partial charge >= 0.3 is 0 Å². The molecule has 2 heterocycles. The van der Waals surface area contributed by atoms with Crippen molar-refractivity contribution in [3.63, 3.8) is 0 Å². The zero-order chi connectivity index (χ0) is 20.9. The number of halogens is 1. The van der Waals surface area contributed by atoms with Crippen molar-refractivity contribution in [3.8, 4) is 0 Å². The van der Waals surface area contributed by atoms with Crippen molar-refractivity contribution >= 4 is 27.9 Å². The number of benzene rings is 2. The van der Waals surface area contributed by atoms with Crippen LogP contribution in [0, 0.1) is 15.5 Å².